The van der Waals surface area contributed by atoms with E-state index in [-0.39, 0.29) is 24.4 Å². The smallest absolute Gasteiger partial charge is 0.223 e. The molecule has 0 bridgehead atoms. The number of carbonyl (C=O) groups excluding carboxylic acids is 1. The van der Waals surface area contributed by atoms with Gasteiger partial charge in [0.1, 0.15) is 5.75 Å². The molecule has 118 valence electrons. The molecule has 1 aliphatic rings. The van der Waals surface area contributed by atoms with Crippen LogP contribution in [0.3, 0.4) is 0 Å². The molecule has 2 atom stereocenters. The number of halogens is 2. The zero-order chi connectivity index (χ0) is 14.4. The Morgan fingerprint density at radius 1 is 1.52 bits per heavy atom. The molecule has 1 aromatic rings. The van der Waals surface area contributed by atoms with Gasteiger partial charge in [-0.2, -0.15) is 0 Å². The van der Waals surface area contributed by atoms with Crippen molar-refractivity contribution in [3.05, 3.63) is 28.7 Å². The first-order valence-corrected chi connectivity index (χ1v) is 7.83. The van der Waals surface area contributed by atoms with E-state index < -0.39 is 0 Å². The lowest BCUT2D eigenvalue weighted by Crippen LogP contribution is -2.50. The lowest BCUT2D eigenvalue weighted by atomic mass is 9.95. The molecule has 0 spiro atoms. The Morgan fingerprint density at radius 2 is 2.33 bits per heavy atom. The van der Waals surface area contributed by atoms with Gasteiger partial charge in [0.15, 0.2) is 0 Å². The molecule has 6 heteroatoms. The predicted octanol–water partition coefficient (Wildman–Crippen LogP) is 2.75. The molecule has 4 nitrogen and oxygen atoms in total. The van der Waals surface area contributed by atoms with Gasteiger partial charge in [-0.25, -0.2) is 0 Å². The van der Waals surface area contributed by atoms with Gasteiger partial charge in [-0.15, -0.1) is 12.4 Å². The van der Waals surface area contributed by atoms with Crippen LogP contribution in [-0.4, -0.2) is 31.6 Å². The SMILES string of the molecule is CC1CCNCC1NC(=O)CCOc1cccc(Br)c1.Cl. The minimum absolute atomic E-state index is 0. The highest BCUT2D eigenvalue weighted by atomic mass is 79.9. The Labute approximate surface area is 140 Å². The summed E-state index contributed by atoms with van der Waals surface area (Å²) < 4.78 is 6.54. The van der Waals surface area contributed by atoms with Crippen molar-refractivity contribution >= 4 is 34.2 Å². The maximum atomic E-state index is 11.9. The van der Waals surface area contributed by atoms with E-state index >= 15 is 0 Å². The number of ether oxygens (including phenoxy) is 1. The number of rotatable bonds is 5. The third-order valence-electron chi connectivity index (χ3n) is 3.57. The number of hydrogen-bond donors (Lipinski definition) is 2. The van der Waals surface area contributed by atoms with Crippen molar-refractivity contribution in [2.45, 2.75) is 25.8 Å². The molecule has 2 rings (SSSR count). The molecule has 1 fully saturated rings. The Morgan fingerprint density at radius 3 is 3.05 bits per heavy atom. The minimum Gasteiger partial charge on any atom is -0.493 e. The average molecular weight is 378 g/mol. The number of nitrogens with one attached hydrogen (secondary N) is 2. The van der Waals surface area contributed by atoms with Crippen molar-refractivity contribution in [1.82, 2.24) is 10.6 Å². The minimum atomic E-state index is 0. The molecule has 2 N–H and O–H groups in total. The predicted molar refractivity (Wildman–Crippen MR) is 90.1 cm³/mol. The quantitative estimate of drug-likeness (QED) is 0.829. The Balaban J connectivity index is 0.00000220. The number of amides is 1. The van der Waals surface area contributed by atoms with E-state index in [0.717, 1.165) is 29.7 Å². The van der Waals surface area contributed by atoms with Crippen molar-refractivity contribution < 1.29 is 9.53 Å². The molecule has 0 aromatic heterocycles. The highest BCUT2D eigenvalue weighted by molar-refractivity contribution is 9.10. The summed E-state index contributed by atoms with van der Waals surface area (Å²) in [6, 6.07) is 7.87. The van der Waals surface area contributed by atoms with E-state index in [1.54, 1.807) is 0 Å². The van der Waals surface area contributed by atoms with E-state index in [1.165, 1.54) is 0 Å². The van der Waals surface area contributed by atoms with E-state index in [4.69, 9.17) is 4.74 Å². The second kappa shape index (κ2) is 9.28. The number of benzene rings is 1. The Kier molecular flexibility index (Phi) is 8.07. The van der Waals surface area contributed by atoms with Crippen LogP contribution >= 0.6 is 28.3 Å². The second-order valence-electron chi connectivity index (χ2n) is 5.20. The molecular formula is C15H22BrClN2O2. The van der Waals surface area contributed by atoms with Gasteiger partial charge < -0.3 is 15.4 Å². The average Bonchev–Trinajstić information content (AvgIpc) is 2.41. The van der Waals surface area contributed by atoms with Crippen molar-refractivity contribution in [2.75, 3.05) is 19.7 Å². The zero-order valence-electron chi connectivity index (χ0n) is 12.1. The van der Waals surface area contributed by atoms with Crippen LogP contribution in [0.5, 0.6) is 5.75 Å². The summed E-state index contributed by atoms with van der Waals surface area (Å²) in [7, 11) is 0. The van der Waals surface area contributed by atoms with Crippen LogP contribution in [0.1, 0.15) is 19.8 Å². The summed E-state index contributed by atoms with van der Waals surface area (Å²) in [5, 5.41) is 6.38. The van der Waals surface area contributed by atoms with Gasteiger partial charge in [0, 0.05) is 17.1 Å². The molecule has 0 saturated carbocycles. The highest BCUT2D eigenvalue weighted by Crippen LogP contribution is 2.17. The first kappa shape index (κ1) is 18.3. The first-order valence-electron chi connectivity index (χ1n) is 7.03. The number of piperidine rings is 1. The topological polar surface area (TPSA) is 50.4 Å². The number of hydrogen-bond acceptors (Lipinski definition) is 3. The molecule has 1 aromatic carbocycles. The van der Waals surface area contributed by atoms with Crippen LogP contribution in [-0.2, 0) is 4.79 Å². The first-order chi connectivity index (χ1) is 9.65. The molecule has 2 unspecified atom stereocenters. The molecule has 1 heterocycles. The van der Waals surface area contributed by atoms with Gasteiger partial charge in [0.25, 0.3) is 0 Å². The lowest BCUT2D eigenvalue weighted by molar-refractivity contribution is -0.122. The third kappa shape index (κ3) is 6.24. The van der Waals surface area contributed by atoms with Crippen LogP contribution in [0.15, 0.2) is 28.7 Å². The summed E-state index contributed by atoms with van der Waals surface area (Å²) in [6.45, 7) is 4.49. The molecular weight excluding hydrogens is 356 g/mol. The van der Waals surface area contributed by atoms with Crippen LogP contribution in [0, 0.1) is 5.92 Å². The van der Waals surface area contributed by atoms with Crippen LogP contribution in [0.2, 0.25) is 0 Å². The maximum Gasteiger partial charge on any atom is 0.223 e. The standard InChI is InChI=1S/C15H21BrN2O2.ClH/c1-11-5-7-17-10-14(11)18-15(19)6-8-20-13-4-2-3-12(16)9-13;/h2-4,9,11,14,17H,5-8,10H2,1H3,(H,18,19);1H. The fourth-order valence-corrected chi connectivity index (χ4v) is 2.66. The summed E-state index contributed by atoms with van der Waals surface area (Å²) in [5.41, 5.74) is 0. The van der Waals surface area contributed by atoms with Crippen LogP contribution in [0.25, 0.3) is 0 Å². The van der Waals surface area contributed by atoms with Crippen LogP contribution < -0.4 is 15.4 Å². The van der Waals surface area contributed by atoms with E-state index in [0.29, 0.717) is 18.9 Å². The van der Waals surface area contributed by atoms with E-state index in [2.05, 4.69) is 33.5 Å². The second-order valence-corrected chi connectivity index (χ2v) is 6.12. The van der Waals surface area contributed by atoms with E-state index in [1.807, 2.05) is 24.3 Å². The van der Waals surface area contributed by atoms with Gasteiger partial charge >= 0.3 is 0 Å². The van der Waals surface area contributed by atoms with Crippen molar-refractivity contribution in [1.29, 1.82) is 0 Å². The Hall–Kier alpha value is -0.780. The summed E-state index contributed by atoms with van der Waals surface area (Å²) in [6.07, 6.45) is 1.50. The summed E-state index contributed by atoms with van der Waals surface area (Å²) in [5.74, 6) is 1.37. The van der Waals surface area contributed by atoms with Crippen LogP contribution in [0.4, 0.5) is 0 Å². The van der Waals surface area contributed by atoms with Crippen molar-refractivity contribution in [2.24, 2.45) is 5.92 Å². The van der Waals surface area contributed by atoms with Gasteiger partial charge in [-0.1, -0.05) is 28.9 Å². The highest BCUT2D eigenvalue weighted by Gasteiger charge is 2.22. The number of carbonyl (C=O) groups is 1. The molecule has 1 aliphatic heterocycles. The monoisotopic (exact) mass is 376 g/mol. The molecule has 0 aliphatic carbocycles. The van der Waals surface area contributed by atoms with Crippen molar-refractivity contribution in [3.63, 3.8) is 0 Å². The van der Waals surface area contributed by atoms with E-state index in [9.17, 15) is 4.79 Å². The zero-order valence-corrected chi connectivity index (χ0v) is 14.5. The molecule has 0 radical (unpaired) electrons. The summed E-state index contributed by atoms with van der Waals surface area (Å²) in [4.78, 5) is 11.9. The third-order valence-corrected chi connectivity index (χ3v) is 4.06. The van der Waals surface area contributed by atoms with Gasteiger partial charge in [-0.3, -0.25) is 4.79 Å². The van der Waals surface area contributed by atoms with Crippen molar-refractivity contribution in [3.8, 4) is 5.75 Å². The normalized spacial score (nSPS) is 21.2. The maximum absolute atomic E-state index is 11.9. The lowest BCUT2D eigenvalue weighted by Gasteiger charge is -2.30. The summed E-state index contributed by atoms with van der Waals surface area (Å²) >= 11 is 3.39. The van der Waals surface area contributed by atoms with Gasteiger partial charge in [0.2, 0.25) is 5.91 Å². The molecule has 1 amide bonds. The fraction of sp³-hybridized carbons (Fsp3) is 0.533. The largest absolute Gasteiger partial charge is 0.493 e. The van der Waals surface area contributed by atoms with Gasteiger partial charge in [0.05, 0.1) is 13.0 Å². The Bertz CT molecular complexity index is 459. The molecule has 1 saturated heterocycles. The fourth-order valence-electron chi connectivity index (χ4n) is 2.28. The molecule has 21 heavy (non-hydrogen) atoms. The van der Waals surface area contributed by atoms with Gasteiger partial charge in [-0.05, 0) is 37.1 Å².